The van der Waals surface area contributed by atoms with Gasteiger partial charge in [0, 0.05) is 18.8 Å². The molecule has 0 aliphatic carbocycles. The molecule has 0 aromatic carbocycles. The Morgan fingerprint density at radius 1 is 1.45 bits per heavy atom. The van der Waals surface area contributed by atoms with Crippen molar-refractivity contribution >= 4 is 11.6 Å². The highest BCUT2D eigenvalue weighted by Crippen LogP contribution is 2.33. The van der Waals surface area contributed by atoms with Crippen molar-refractivity contribution < 1.29 is 18.0 Å². The Balaban J connectivity index is 1.97. The molecular weight excluding hydrogens is 271 g/mol. The minimum absolute atomic E-state index is 0.00482. The third-order valence-electron chi connectivity index (χ3n) is 3.42. The molecule has 20 heavy (non-hydrogen) atoms. The smallest absolute Gasteiger partial charge is 0.393 e. The highest BCUT2D eigenvalue weighted by atomic mass is 19.4. The summed E-state index contributed by atoms with van der Waals surface area (Å²) in [6, 6.07) is 3.22. The number of rotatable bonds is 2. The maximum atomic E-state index is 12.7. The number of nitrogens with zero attached hydrogens (tertiary/aromatic N) is 2. The van der Waals surface area contributed by atoms with Crippen LogP contribution in [-0.2, 0) is 11.2 Å². The zero-order chi connectivity index (χ0) is 14.8. The van der Waals surface area contributed by atoms with Gasteiger partial charge in [-0.3, -0.25) is 9.78 Å². The lowest BCUT2D eigenvalue weighted by Crippen LogP contribution is -2.45. The molecule has 7 heteroatoms. The molecule has 1 aromatic rings. The molecule has 2 heterocycles. The van der Waals surface area contributed by atoms with Crippen LogP contribution in [0, 0.1) is 5.92 Å². The Morgan fingerprint density at radius 2 is 2.20 bits per heavy atom. The molecule has 1 fully saturated rings. The van der Waals surface area contributed by atoms with Crippen molar-refractivity contribution in [3.63, 3.8) is 0 Å². The largest absolute Gasteiger partial charge is 0.397 e. The number of hydrogen-bond acceptors (Lipinski definition) is 3. The number of nitrogens with two attached hydrogens (primary N) is 1. The van der Waals surface area contributed by atoms with Crippen LogP contribution in [0.25, 0.3) is 0 Å². The summed E-state index contributed by atoms with van der Waals surface area (Å²) < 4.78 is 38.1. The van der Waals surface area contributed by atoms with E-state index in [1.165, 1.54) is 11.1 Å². The Hall–Kier alpha value is -1.79. The van der Waals surface area contributed by atoms with Gasteiger partial charge in [-0.15, -0.1) is 0 Å². The molecule has 1 aliphatic heterocycles. The van der Waals surface area contributed by atoms with Gasteiger partial charge in [-0.05, 0) is 25.0 Å². The van der Waals surface area contributed by atoms with Gasteiger partial charge in [0.05, 0.1) is 24.2 Å². The monoisotopic (exact) mass is 287 g/mol. The average Bonchev–Trinajstić information content (AvgIpc) is 2.40. The Bertz CT molecular complexity index is 473. The van der Waals surface area contributed by atoms with Crippen LogP contribution in [0.1, 0.15) is 18.5 Å². The van der Waals surface area contributed by atoms with Crippen LogP contribution in [0.15, 0.2) is 18.3 Å². The van der Waals surface area contributed by atoms with Gasteiger partial charge >= 0.3 is 6.18 Å². The number of piperidine rings is 1. The van der Waals surface area contributed by atoms with E-state index < -0.39 is 12.1 Å². The lowest BCUT2D eigenvalue weighted by Gasteiger charge is -2.33. The van der Waals surface area contributed by atoms with Gasteiger partial charge in [-0.25, -0.2) is 0 Å². The topological polar surface area (TPSA) is 59.2 Å². The fraction of sp³-hybridized carbons (Fsp3) is 0.538. The first-order valence-electron chi connectivity index (χ1n) is 6.41. The fourth-order valence-electron chi connectivity index (χ4n) is 2.28. The van der Waals surface area contributed by atoms with Gasteiger partial charge in [0.1, 0.15) is 0 Å². The summed E-state index contributed by atoms with van der Waals surface area (Å²) in [4.78, 5) is 17.3. The molecule has 4 nitrogen and oxygen atoms in total. The van der Waals surface area contributed by atoms with Crippen molar-refractivity contribution in [1.82, 2.24) is 9.88 Å². The van der Waals surface area contributed by atoms with Crippen LogP contribution in [0.4, 0.5) is 18.9 Å². The van der Waals surface area contributed by atoms with Gasteiger partial charge in [0.2, 0.25) is 5.91 Å². The normalized spacial score (nSPS) is 19.9. The Morgan fingerprint density at radius 3 is 2.80 bits per heavy atom. The molecule has 1 aromatic heterocycles. The molecule has 1 aliphatic rings. The summed E-state index contributed by atoms with van der Waals surface area (Å²) in [5.41, 5.74) is 6.48. The number of amides is 1. The van der Waals surface area contributed by atoms with E-state index in [4.69, 9.17) is 5.73 Å². The fourth-order valence-corrected chi connectivity index (χ4v) is 2.28. The van der Waals surface area contributed by atoms with Crippen LogP contribution >= 0.6 is 0 Å². The van der Waals surface area contributed by atoms with E-state index in [2.05, 4.69) is 4.98 Å². The van der Waals surface area contributed by atoms with E-state index in [1.807, 2.05) is 0 Å². The molecular formula is C13H16F3N3O. The van der Waals surface area contributed by atoms with Crippen molar-refractivity contribution in [3.05, 3.63) is 24.0 Å². The molecule has 2 N–H and O–H groups in total. The van der Waals surface area contributed by atoms with Crippen LogP contribution < -0.4 is 5.73 Å². The van der Waals surface area contributed by atoms with Crippen molar-refractivity contribution in [3.8, 4) is 0 Å². The predicted molar refractivity (Wildman–Crippen MR) is 67.7 cm³/mol. The molecule has 1 amide bonds. The molecule has 1 unspecified atom stereocenters. The van der Waals surface area contributed by atoms with Gasteiger partial charge in [0.15, 0.2) is 0 Å². The number of likely N-dealkylation sites (tertiary alicyclic amines) is 1. The first-order valence-corrected chi connectivity index (χ1v) is 6.41. The molecule has 1 saturated heterocycles. The number of nitrogen functional groups attached to an aromatic ring is 1. The van der Waals surface area contributed by atoms with E-state index in [0.29, 0.717) is 24.3 Å². The number of anilines is 1. The summed E-state index contributed by atoms with van der Waals surface area (Å²) in [6.07, 6.45) is -2.33. The SMILES string of the molecule is Nc1ccc(CC(=O)N2CCCC(C(F)(F)F)C2)nc1. The maximum Gasteiger partial charge on any atom is 0.393 e. The zero-order valence-corrected chi connectivity index (χ0v) is 10.9. The van der Waals surface area contributed by atoms with Crippen LogP contribution in [-0.4, -0.2) is 35.1 Å². The predicted octanol–water partition coefficient (Wildman–Crippen LogP) is 2.01. The molecule has 0 spiro atoms. The first kappa shape index (κ1) is 14.6. The van der Waals surface area contributed by atoms with Crippen molar-refractivity contribution in [2.24, 2.45) is 5.92 Å². The number of hydrogen-bond donors (Lipinski definition) is 1. The van der Waals surface area contributed by atoms with Crippen LogP contribution in [0.2, 0.25) is 0 Å². The number of carbonyl (C=O) groups excluding carboxylic acids is 1. The average molecular weight is 287 g/mol. The molecule has 2 rings (SSSR count). The summed E-state index contributed by atoms with van der Waals surface area (Å²) in [5.74, 6) is -1.74. The molecule has 0 saturated carbocycles. The Kier molecular flexibility index (Phi) is 4.15. The lowest BCUT2D eigenvalue weighted by atomic mass is 9.97. The summed E-state index contributed by atoms with van der Waals surface area (Å²) >= 11 is 0. The van der Waals surface area contributed by atoms with Crippen molar-refractivity contribution in [2.75, 3.05) is 18.8 Å². The summed E-state index contributed by atoms with van der Waals surface area (Å²) in [7, 11) is 0. The third-order valence-corrected chi connectivity index (χ3v) is 3.42. The third kappa shape index (κ3) is 3.61. The highest BCUT2D eigenvalue weighted by Gasteiger charge is 2.42. The first-order chi connectivity index (χ1) is 9.36. The van der Waals surface area contributed by atoms with Crippen molar-refractivity contribution in [1.29, 1.82) is 0 Å². The second-order valence-electron chi connectivity index (χ2n) is 4.98. The van der Waals surface area contributed by atoms with E-state index in [9.17, 15) is 18.0 Å². The van der Waals surface area contributed by atoms with Gasteiger partial charge in [-0.2, -0.15) is 13.2 Å². The van der Waals surface area contributed by atoms with Crippen LogP contribution in [0.3, 0.4) is 0 Å². The molecule has 1 atom stereocenters. The summed E-state index contributed by atoms with van der Waals surface area (Å²) in [6.45, 7) is 0.123. The Labute approximate surface area is 114 Å². The second kappa shape index (κ2) is 5.68. The van der Waals surface area contributed by atoms with Gasteiger partial charge in [-0.1, -0.05) is 0 Å². The minimum Gasteiger partial charge on any atom is -0.397 e. The number of pyridine rings is 1. The molecule has 0 radical (unpaired) electrons. The highest BCUT2D eigenvalue weighted by molar-refractivity contribution is 5.78. The zero-order valence-electron chi connectivity index (χ0n) is 10.9. The van der Waals surface area contributed by atoms with E-state index >= 15 is 0 Å². The van der Waals surface area contributed by atoms with Gasteiger partial charge < -0.3 is 10.6 Å². The molecule has 110 valence electrons. The number of aromatic nitrogens is 1. The lowest BCUT2D eigenvalue weighted by molar-refractivity contribution is -0.187. The number of halogens is 3. The second-order valence-corrected chi connectivity index (χ2v) is 4.98. The minimum atomic E-state index is -4.24. The summed E-state index contributed by atoms with van der Waals surface area (Å²) in [5, 5.41) is 0. The maximum absolute atomic E-state index is 12.7. The van der Waals surface area contributed by atoms with E-state index in [-0.39, 0.29) is 25.3 Å². The van der Waals surface area contributed by atoms with E-state index in [0.717, 1.165) is 0 Å². The standard InChI is InChI=1S/C13H16F3N3O/c14-13(15,16)9-2-1-5-19(8-9)12(20)6-11-4-3-10(17)7-18-11/h3-4,7,9H,1-2,5-6,8,17H2. The van der Waals surface area contributed by atoms with Crippen LogP contribution in [0.5, 0.6) is 0 Å². The van der Waals surface area contributed by atoms with Gasteiger partial charge in [0.25, 0.3) is 0 Å². The quantitative estimate of drug-likeness (QED) is 0.905. The number of carbonyl (C=O) groups is 1. The van der Waals surface area contributed by atoms with Crippen molar-refractivity contribution in [2.45, 2.75) is 25.4 Å². The molecule has 0 bridgehead atoms. The van der Waals surface area contributed by atoms with E-state index in [1.54, 1.807) is 12.1 Å². The number of alkyl halides is 3.